The third-order valence-electron chi connectivity index (χ3n) is 4.43. The van der Waals surface area contributed by atoms with Crippen molar-refractivity contribution in [1.82, 2.24) is 0 Å². The summed E-state index contributed by atoms with van der Waals surface area (Å²) in [4.78, 5) is 0. The van der Waals surface area contributed by atoms with Crippen LogP contribution < -0.4 is 0 Å². The van der Waals surface area contributed by atoms with Crippen LogP contribution in [0.4, 0.5) is 0 Å². The van der Waals surface area contributed by atoms with E-state index in [0.717, 1.165) is 64.2 Å². The van der Waals surface area contributed by atoms with Crippen LogP contribution in [0.1, 0.15) is 78.1 Å². The summed E-state index contributed by atoms with van der Waals surface area (Å²) in [5.41, 5.74) is -1.13. The summed E-state index contributed by atoms with van der Waals surface area (Å²) in [6.45, 7) is 3.77. The zero-order valence-electron chi connectivity index (χ0n) is 12.1. The molecule has 5 heteroatoms. The Balaban J connectivity index is 1.97. The van der Waals surface area contributed by atoms with Gasteiger partial charge in [-0.3, -0.25) is 0 Å². The Morgan fingerprint density at radius 2 is 1.00 bits per heavy atom. The molecular formula is C14H26O4S. The maximum Gasteiger partial charge on any atom is 0.400 e. The highest BCUT2D eigenvalue weighted by molar-refractivity contribution is 7.81. The monoisotopic (exact) mass is 290 g/mol. The molecule has 19 heavy (non-hydrogen) atoms. The largest absolute Gasteiger partial charge is 0.400 e. The van der Waals surface area contributed by atoms with Crippen molar-refractivity contribution in [3.63, 3.8) is 0 Å². The van der Waals surface area contributed by atoms with Crippen LogP contribution in [0.25, 0.3) is 0 Å². The van der Waals surface area contributed by atoms with Crippen molar-refractivity contribution in [3.05, 3.63) is 0 Å². The minimum Gasteiger partial charge on any atom is -0.242 e. The first-order valence-electron chi connectivity index (χ1n) is 7.49. The lowest BCUT2D eigenvalue weighted by atomic mass is 9.87. The van der Waals surface area contributed by atoms with Gasteiger partial charge in [-0.1, -0.05) is 38.5 Å². The molecule has 0 bridgehead atoms. The van der Waals surface area contributed by atoms with Gasteiger partial charge < -0.3 is 0 Å². The van der Waals surface area contributed by atoms with E-state index in [-0.39, 0.29) is 0 Å². The quantitative estimate of drug-likeness (QED) is 0.792. The van der Waals surface area contributed by atoms with Gasteiger partial charge in [-0.05, 0) is 39.5 Å². The van der Waals surface area contributed by atoms with Crippen molar-refractivity contribution >= 4 is 10.4 Å². The van der Waals surface area contributed by atoms with E-state index in [4.69, 9.17) is 8.37 Å². The highest BCUT2D eigenvalue weighted by Crippen LogP contribution is 2.36. The van der Waals surface area contributed by atoms with Gasteiger partial charge in [-0.25, -0.2) is 8.37 Å². The Morgan fingerprint density at radius 1 is 0.684 bits per heavy atom. The van der Waals surface area contributed by atoms with Crippen molar-refractivity contribution in [3.8, 4) is 0 Å². The molecule has 0 amide bonds. The molecule has 2 aliphatic rings. The zero-order valence-corrected chi connectivity index (χ0v) is 12.9. The SMILES string of the molecule is CC1(OS(=O)(=O)OC2(C)CCCCC2)CCCCC1. The Kier molecular flexibility index (Phi) is 4.58. The Hall–Kier alpha value is -0.130. The van der Waals surface area contributed by atoms with E-state index in [2.05, 4.69) is 0 Å². The molecule has 0 heterocycles. The molecular weight excluding hydrogens is 264 g/mol. The van der Waals surface area contributed by atoms with Crippen LogP contribution >= 0.6 is 0 Å². The highest BCUT2D eigenvalue weighted by atomic mass is 32.3. The van der Waals surface area contributed by atoms with Gasteiger partial charge in [0.15, 0.2) is 0 Å². The summed E-state index contributed by atoms with van der Waals surface area (Å²) in [5.74, 6) is 0. The third-order valence-corrected chi connectivity index (χ3v) is 5.64. The minimum atomic E-state index is -3.90. The summed E-state index contributed by atoms with van der Waals surface area (Å²) in [7, 11) is -3.90. The number of hydrogen-bond acceptors (Lipinski definition) is 4. The topological polar surface area (TPSA) is 52.6 Å². The van der Waals surface area contributed by atoms with Crippen LogP contribution in [-0.4, -0.2) is 19.6 Å². The van der Waals surface area contributed by atoms with E-state index in [9.17, 15) is 8.42 Å². The molecule has 0 N–H and O–H groups in total. The Bertz CT molecular complexity index is 358. The van der Waals surface area contributed by atoms with Crippen LogP contribution in [0.2, 0.25) is 0 Å². The van der Waals surface area contributed by atoms with Gasteiger partial charge in [-0.2, -0.15) is 8.42 Å². The minimum absolute atomic E-state index is 0.567. The van der Waals surface area contributed by atoms with Crippen molar-refractivity contribution in [2.45, 2.75) is 89.3 Å². The van der Waals surface area contributed by atoms with Crippen molar-refractivity contribution in [2.24, 2.45) is 0 Å². The smallest absolute Gasteiger partial charge is 0.242 e. The van der Waals surface area contributed by atoms with Crippen LogP contribution in [0, 0.1) is 0 Å². The second-order valence-corrected chi connectivity index (χ2v) is 7.75. The number of rotatable bonds is 4. The zero-order chi connectivity index (χ0) is 14.0. The molecule has 0 atom stereocenters. The second-order valence-electron chi connectivity index (χ2n) is 6.60. The van der Waals surface area contributed by atoms with E-state index >= 15 is 0 Å². The van der Waals surface area contributed by atoms with Crippen molar-refractivity contribution in [1.29, 1.82) is 0 Å². The van der Waals surface area contributed by atoms with E-state index < -0.39 is 21.6 Å². The summed E-state index contributed by atoms with van der Waals surface area (Å²) >= 11 is 0. The molecule has 2 saturated carbocycles. The third kappa shape index (κ3) is 4.43. The summed E-state index contributed by atoms with van der Waals surface area (Å²) in [6, 6.07) is 0. The number of hydrogen-bond donors (Lipinski definition) is 0. The molecule has 0 saturated heterocycles. The summed E-state index contributed by atoms with van der Waals surface area (Å²) in [5, 5.41) is 0. The van der Waals surface area contributed by atoms with Gasteiger partial charge in [0, 0.05) is 0 Å². The Labute approximate surface area is 117 Å². The molecule has 0 unspecified atom stereocenters. The predicted molar refractivity (Wildman–Crippen MR) is 74.1 cm³/mol. The molecule has 0 aromatic carbocycles. The standard InChI is InChI=1S/C14H26O4S/c1-13(9-5-3-6-10-13)17-19(15,16)18-14(2)11-7-4-8-12-14/h3-12H2,1-2H3. The average molecular weight is 290 g/mol. The van der Waals surface area contributed by atoms with Gasteiger partial charge >= 0.3 is 10.4 Å². The highest BCUT2D eigenvalue weighted by Gasteiger charge is 2.39. The molecule has 0 aromatic heterocycles. The molecule has 2 rings (SSSR count). The predicted octanol–water partition coefficient (Wildman–Crippen LogP) is 3.71. The lowest BCUT2D eigenvalue weighted by molar-refractivity contribution is -0.00671. The maximum atomic E-state index is 12.1. The first-order chi connectivity index (χ1) is 8.83. The normalized spacial score (nSPS) is 27.1. The van der Waals surface area contributed by atoms with E-state index in [1.165, 1.54) is 0 Å². The van der Waals surface area contributed by atoms with Gasteiger partial charge in [0.05, 0.1) is 11.2 Å². The van der Waals surface area contributed by atoms with Crippen LogP contribution in [0.5, 0.6) is 0 Å². The van der Waals surface area contributed by atoms with Crippen LogP contribution in [0.3, 0.4) is 0 Å². The lowest BCUT2D eigenvalue weighted by Crippen LogP contribution is -2.39. The fourth-order valence-electron chi connectivity index (χ4n) is 3.28. The molecule has 2 fully saturated rings. The fraction of sp³-hybridized carbons (Fsp3) is 1.00. The fourth-order valence-corrected chi connectivity index (χ4v) is 4.63. The first-order valence-corrected chi connectivity index (χ1v) is 8.82. The van der Waals surface area contributed by atoms with Gasteiger partial charge in [0.2, 0.25) is 0 Å². The Morgan fingerprint density at radius 3 is 1.32 bits per heavy atom. The average Bonchev–Trinajstić information content (AvgIpc) is 2.27. The van der Waals surface area contributed by atoms with Crippen LogP contribution in [0.15, 0.2) is 0 Å². The van der Waals surface area contributed by atoms with Crippen molar-refractivity contribution in [2.75, 3.05) is 0 Å². The molecule has 112 valence electrons. The van der Waals surface area contributed by atoms with E-state index in [1.807, 2.05) is 13.8 Å². The molecule has 0 spiro atoms. The summed E-state index contributed by atoms with van der Waals surface area (Å²) < 4.78 is 35.0. The maximum absolute atomic E-state index is 12.1. The lowest BCUT2D eigenvalue weighted by Gasteiger charge is -2.36. The summed E-state index contributed by atoms with van der Waals surface area (Å²) in [6.07, 6.45) is 9.64. The van der Waals surface area contributed by atoms with Crippen molar-refractivity contribution < 1.29 is 16.8 Å². The van der Waals surface area contributed by atoms with Crippen LogP contribution in [-0.2, 0) is 18.8 Å². The van der Waals surface area contributed by atoms with E-state index in [0.29, 0.717) is 0 Å². The van der Waals surface area contributed by atoms with Gasteiger partial charge in [0.1, 0.15) is 0 Å². The van der Waals surface area contributed by atoms with Gasteiger partial charge in [-0.15, -0.1) is 0 Å². The van der Waals surface area contributed by atoms with Gasteiger partial charge in [0.25, 0.3) is 0 Å². The first kappa shape index (κ1) is 15.3. The molecule has 4 nitrogen and oxygen atoms in total. The second kappa shape index (κ2) is 5.70. The molecule has 0 aromatic rings. The molecule has 0 aliphatic heterocycles. The molecule has 0 radical (unpaired) electrons. The van der Waals surface area contributed by atoms with E-state index in [1.54, 1.807) is 0 Å². The molecule has 2 aliphatic carbocycles.